The number of hydrogen-bond acceptors (Lipinski definition) is 8. The first-order valence-electron chi connectivity index (χ1n) is 9.22. The number of aromatic nitrogens is 2. The molecule has 0 fully saturated rings. The summed E-state index contributed by atoms with van der Waals surface area (Å²) in [5.74, 6) is 0.712. The predicted molar refractivity (Wildman–Crippen MR) is 124 cm³/mol. The number of sulfonamides is 1. The summed E-state index contributed by atoms with van der Waals surface area (Å²) in [6.45, 7) is 1.52. The molecule has 0 aliphatic carbocycles. The van der Waals surface area contributed by atoms with Gasteiger partial charge in [-0.25, -0.2) is 8.42 Å². The molecule has 164 valence electrons. The fraction of sp³-hybridized carbons (Fsp3) is 0.250. The number of nitrogens with one attached hydrogen (secondary N) is 1. The van der Waals surface area contributed by atoms with Crippen molar-refractivity contribution in [1.82, 2.24) is 10.2 Å². The average Bonchev–Trinajstić information content (AvgIpc) is 3.19. The number of nitrogens with zero attached hydrogens (tertiary/aromatic N) is 3. The number of benzene rings is 2. The van der Waals surface area contributed by atoms with Crippen LogP contribution in [0.25, 0.3) is 0 Å². The number of thioether (sulfide) groups is 1. The quantitative estimate of drug-likeness (QED) is 0.370. The number of rotatable bonds is 9. The van der Waals surface area contributed by atoms with E-state index in [9.17, 15) is 13.2 Å². The van der Waals surface area contributed by atoms with E-state index in [1.807, 2.05) is 30.3 Å². The molecule has 0 unspecified atom stereocenters. The van der Waals surface area contributed by atoms with Gasteiger partial charge in [-0.1, -0.05) is 59.5 Å². The molecule has 31 heavy (non-hydrogen) atoms. The van der Waals surface area contributed by atoms with E-state index in [4.69, 9.17) is 4.74 Å². The lowest BCUT2D eigenvalue weighted by Crippen LogP contribution is -2.45. The number of amides is 1. The first kappa shape index (κ1) is 23.0. The Hall–Kier alpha value is -2.63. The maximum absolute atomic E-state index is 12.8. The molecule has 0 saturated heterocycles. The molecule has 1 atom stereocenters. The van der Waals surface area contributed by atoms with Crippen molar-refractivity contribution in [2.75, 3.05) is 23.0 Å². The molecular formula is C20H22N4O4S3. The van der Waals surface area contributed by atoms with Gasteiger partial charge in [0, 0.05) is 11.8 Å². The lowest BCUT2D eigenvalue weighted by atomic mass is 10.2. The Morgan fingerprint density at radius 1 is 1.19 bits per heavy atom. The summed E-state index contributed by atoms with van der Waals surface area (Å²) in [7, 11) is -2.24. The van der Waals surface area contributed by atoms with Gasteiger partial charge in [-0.2, -0.15) is 0 Å². The lowest BCUT2D eigenvalue weighted by molar-refractivity contribution is -0.116. The van der Waals surface area contributed by atoms with Crippen LogP contribution >= 0.6 is 23.1 Å². The van der Waals surface area contributed by atoms with E-state index in [2.05, 4.69) is 15.5 Å². The van der Waals surface area contributed by atoms with Crippen LogP contribution in [-0.2, 0) is 20.6 Å². The van der Waals surface area contributed by atoms with Gasteiger partial charge in [-0.15, -0.1) is 10.2 Å². The van der Waals surface area contributed by atoms with Gasteiger partial charge in [0.25, 0.3) is 0 Å². The molecule has 2 aromatic carbocycles. The summed E-state index contributed by atoms with van der Waals surface area (Å²) in [4.78, 5) is 12.8. The molecule has 0 spiro atoms. The van der Waals surface area contributed by atoms with Gasteiger partial charge in [0.2, 0.25) is 21.1 Å². The average molecular weight is 479 g/mol. The highest BCUT2D eigenvalue weighted by Gasteiger charge is 2.30. The van der Waals surface area contributed by atoms with E-state index in [1.165, 1.54) is 37.1 Å². The van der Waals surface area contributed by atoms with Crippen LogP contribution in [0.3, 0.4) is 0 Å². The van der Waals surface area contributed by atoms with Gasteiger partial charge in [0.15, 0.2) is 4.34 Å². The molecule has 1 N–H and O–H groups in total. The summed E-state index contributed by atoms with van der Waals surface area (Å²) < 4.78 is 31.8. The van der Waals surface area contributed by atoms with Gasteiger partial charge < -0.3 is 4.74 Å². The first-order chi connectivity index (χ1) is 14.8. The summed E-state index contributed by atoms with van der Waals surface area (Å²) in [5.41, 5.74) is 1.49. The highest BCUT2D eigenvalue weighted by Crippen LogP contribution is 2.29. The maximum atomic E-state index is 12.8. The first-order valence-corrected chi connectivity index (χ1v) is 12.9. The molecular weight excluding hydrogens is 456 g/mol. The van der Waals surface area contributed by atoms with Crippen molar-refractivity contribution >= 4 is 49.8 Å². The van der Waals surface area contributed by atoms with Crippen LogP contribution in [0.2, 0.25) is 0 Å². The molecule has 1 amide bonds. The van der Waals surface area contributed by atoms with E-state index in [-0.39, 0.29) is 0 Å². The SMILES string of the molecule is COc1cccc(N([C@H](C)C(=O)Nc2nnc(SCc3ccccc3)s2)S(C)(=O)=O)c1. The van der Waals surface area contributed by atoms with Crippen molar-refractivity contribution in [3.63, 3.8) is 0 Å². The Bertz CT molecular complexity index is 1140. The third-order valence-corrected chi connectivity index (χ3v) is 7.52. The van der Waals surface area contributed by atoms with Crippen molar-refractivity contribution < 1.29 is 17.9 Å². The second-order valence-corrected chi connectivity index (χ2v) is 10.6. The van der Waals surface area contributed by atoms with Gasteiger partial charge in [-0.3, -0.25) is 14.4 Å². The van der Waals surface area contributed by atoms with Crippen molar-refractivity contribution in [3.8, 4) is 5.75 Å². The van der Waals surface area contributed by atoms with Crippen molar-refractivity contribution in [1.29, 1.82) is 0 Å². The molecule has 1 aromatic heterocycles. The van der Waals surface area contributed by atoms with Crippen molar-refractivity contribution in [3.05, 3.63) is 60.2 Å². The fourth-order valence-electron chi connectivity index (χ4n) is 2.80. The molecule has 3 rings (SSSR count). The van der Waals surface area contributed by atoms with Crippen LogP contribution in [0.5, 0.6) is 5.75 Å². The molecule has 0 bridgehead atoms. The van der Waals surface area contributed by atoms with Crippen LogP contribution in [0, 0.1) is 0 Å². The molecule has 0 radical (unpaired) electrons. The predicted octanol–water partition coefficient (Wildman–Crippen LogP) is 3.63. The van der Waals surface area contributed by atoms with Gasteiger partial charge in [-0.05, 0) is 24.6 Å². The summed E-state index contributed by atoms with van der Waals surface area (Å²) in [5, 5.41) is 11.1. The Kier molecular flexibility index (Phi) is 7.52. The smallest absolute Gasteiger partial charge is 0.249 e. The molecule has 0 aliphatic rings. The van der Waals surface area contributed by atoms with Gasteiger partial charge in [0.1, 0.15) is 11.8 Å². The molecule has 1 heterocycles. The number of hydrogen-bond donors (Lipinski definition) is 1. The number of methoxy groups -OCH3 is 1. The summed E-state index contributed by atoms with van der Waals surface area (Å²) >= 11 is 2.75. The third-order valence-electron chi connectivity index (χ3n) is 4.24. The summed E-state index contributed by atoms with van der Waals surface area (Å²) in [6, 6.07) is 15.5. The highest BCUT2D eigenvalue weighted by molar-refractivity contribution is 8.00. The van der Waals surface area contributed by atoms with E-state index in [1.54, 1.807) is 24.3 Å². The second kappa shape index (κ2) is 10.1. The standard InChI is InChI=1S/C20H22N4O4S3/c1-14(24(31(3,26)27)16-10-7-11-17(12-16)28-2)18(25)21-19-22-23-20(30-19)29-13-15-8-5-4-6-9-15/h4-12,14H,13H2,1-3H3,(H,21,22,25)/t14-/m1/s1. The molecule has 8 nitrogen and oxygen atoms in total. The molecule has 3 aromatic rings. The topological polar surface area (TPSA) is 101 Å². The zero-order valence-corrected chi connectivity index (χ0v) is 19.6. The summed E-state index contributed by atoms with van der Waals surface area (Å²) in [6.07, 6.45) is 1.06. The normalized spacial score (nSPS) is 12.2. The van der Waals surface area contributed by atoms with Gasteiger partial charge >= 0.3 is 0 Å². The van der Waals surface area contributed by atoms with Crippen LogP contribution in [-0.4, -0.2) is 43.9 Å². The number of anilines is 2. The Labute approximate surface area is 189 Å². The van der Waals surface area contributed by atoms with E-state index in [0.29, 0.717) is 20.9 Å². The zero-order chi connectivity index (χ0) is 22.4. The molecule has 0 aliphatic heterocycles. The Morgan fingerprint density at radius 3 is 2.61 bits per heavy atom. The Balaban J connectivity index is 1.70. The fourth-order valence-corrected chi connectivity index (χ4v) is 5.68. The van der Waals surface area contributed by atoms with Gasteiger partial charge in [0.05, 0.1) is 19.1 Å². The highest BCUT2D eigenvalue weighted by atomic mass is 32.2. The van der Waals surface area contributed by atoms with Crippen LogP contribution < -0.4 is 14.4 Å². The largest absolute Gasteiger partial charge is 0.497 e. The van der Waals surface area contributed by atoms with Crippen LogP contribution in [0.1, 0.15) is 12.5 Å². The van der Waals surface area contributed by atoms with E-state index < -0.39 is 22.0 Å². The number of carbonyl (C=O) groups is 1. The van der Waals surface area contributed by atoms with Crippen molar-refractivity contribution in [2.24, 2.45) is 0 Å². The van der Waals surface area contributed by atoms with Crippen LogP contribution in [0.4, 0.5) is 10.8 Å². The Morgan fingerprint density at radius 2 is 1.94 bits per heavy atom. The number of ether oxygens (including phenoxy) is 1. The third kappa shape index (κ3) is 6.18. The minimum absolute atomic E-state index is 0.312. The number of carbonyl (C=O) groups excluding carboxylic acids is 1. The molecule has 11 heteroatoms. The maximum Gasteiger partial charge on any atom is 0.249 e. The van der Waals surface area contributed by atoms with Crippen molar-refractivity contribution in [2.45, 2.75) is 23.1 Å². The minimum atomic E-state index is -3.73. The van der Waals surface area contributed by atoms with Crippen LogP contribution in [0.15, 0.2) is 58.9 Å². The zero-order valence-electron chi connectivity index (χ0n) is 17.2. The second-order valence-electron chi connectivity index (χ2n) is 6.57. The lowest BCUT2D eigenvalue weighted by Gasteiger charge is -2.28. The minimum Gasteiger partial charge on any atom is -0.497 e. The van der Waals surface area contributed by atoms with E-state index in [0.717, 1.165) is 21.9 Å². The van der Waals surface area contributed by atoms with E-state index >= 15 is 0 Å². The molecule has 0 saturated carbocycles. The monoisotopic (exact) mass is 478 g/mol.